The molecule has 2 fully saturated rings. The van der Waals surface area contributed by atoms with Gasteiger partial charge < -0.3 is 14.5 Å². The standard InChI is InChI=1S/C13H15F3N4O3/c1-19-8-5-20(6-9(8)23-3-2-11(19)21)12(22)7-4-10(18-17-7)13(14,15)16/h4,8-9H,2-3,5-6H2,1H3,(H,17,18)/t8-,9-/m0/s1. The first-order valence-electron chi connectivity index (χ1n) is 7.06. The van der Waals surface area contributed by atoms with Crippen LogP contribution in [0, 0.1) is 0 Å². The molecule has 0 saturated carbocycles. The number of aromatic nitrogens is 2. The van der Waals surface area contributed by atoms with E-state index in [-0.39, 0.29) is 49.9 Å². The lowest BCUT2D eigenvalue weighted by atomic mass is 10.2. The Morgan fingerprint density at radius 2 is 2.17 bits per heavy atom. The molecular formula is C13H15F3N4O3. The van der Waals surface area contributed by atoms with Crippen molar-refractivity contribution in [1.29, 1.82) is 0 Å². The molecule has 0 unspecified atom stereocenters. The number of H-pyrrole nitrogens is 1. The topological polar surface area (TPSA) is 78.5 Å². The Labute approximate surface area is 129 Å². The van der Waals surface area contributed by atoms with Crippen LogP contribution in [0.15, 0.2) is 6.07 Å². The summed E-state index contributed by atoms with van der Waals surface area (Å²) in [6.07, 6.45) is -4.64. The fraction of sp³-hybridized carbons (Fsp3) is 0.615. The van der Waals surface area contributed by atoms with Gasteiger partial charge in [-0.05, 0) is 0 Å². The largest absolute Gasteiger partial charge is 0.432 e. The number of hydrogen-bond acceptors (Lipinski definition) is 4. The molecule has 3 rings (SSSR count). The number of likely N-dealkylation sites (N-methyl/N-ethyl adjacent to an activating group) is 1. The van der Waals surface area contributed by atoms with Gasteiger partial charge in [-0.15, -0.1) is 0 Å². The van der Waals surface area contributed by atoms with Gasteiger partial charge in [-0.1, -0.05) is 0 Å². The second-order valence-electron chi connectivity index (χ2n) is 5.61. The van der Waals surface area contributed by atoms with Crippen LogP contribution in [0.25, 0.3) is 0 Å². The molecule has 2 saturated heterocycles. The Morgan fingerprint density at radius 3 is 2.83 bits per heavy atom. The van der Waals surface area contributed by atoms with Crippen LogP contribution in [0.2, 0.25) is 0 Å². The highest BCUT2D eigenvalue weighted by molar-refractivity contribution is 5.92. The van der Waals surface area contributed by atoms with E-state index >= 15 is 0 Å². The van der Waals surface area contributed by atoms with Crippen LogP contribution in [0.1, 0.15) is 22.6 Å². The van der Waals surface area contributed by atoms with E-state index in [9.17, 15) is 22.8 Å². The molecule has 2 aliphatic rings. The van der Waals surface area contributed by atoms with E-state index in [1.54, 1.807) is 7.05 Å². The number of halogens is 3. The van der Waals surface area contributed by atoms with Crippen molar-refractivity contribution in [2.24, 2.45) is 0 Å². The van der Waals surface area contributed by atoms with Gasteiger partial charge in [0.1, 0.15) is 5.69 Å². The van der Waals surface area contributed by atoms with E-state index < -0.39 is 17.8 Å². The zero-order chi connectivity index (χ0) is 16.8. The predicted molar refractivity (Wildman–Crippen MR) is 70.4 cm³/mol. The lowest BCUT2D eigenvalue weighted by Gasteiger charge is -2.24. The third kappa shape index (κ3) is 2.90. The minimum atomic E-state index is -4.59. The van der Waals surface area contributed by atoms with Crippen molar-refractivity contribution in [2.75, 3.05) is 26.7 Å². The summed E-state index contributed by atoms with van der Waals surface area (Å²) >= 11 is 0. The summed E-state index contributed by atoms with van der Waals surface area (Å²) in [4.78, 5) is 27.0. The smallest absolute Gasteiger partial charge is 0.374 e. The number of ether oxygens (including phenoxy) is 1. The van der Waals surface area contributed by atoms with Gasteiger partial charge in [0, 0.05) is 26.2 Å². The number of aromatic amines is 1. The van der Waals surface area contributed by atoms with Crippen molar-refractivity contribution in [3.8, 4) is 0 Å². The number of nitrogens with zero attached hydrogens (tertiary/aromatic N) is 3. The van der Waals surface area contributed by atoms with Gasteiger partial charge in [-0.3, -0.25) is 14.7 Å². The van der Waals surface area contributed by atoms with Crippen LogP contribution in [0.4, 0.5) is 13.2 Å². The molecular weight excluding hydrogens is 317 g/mol. The minimum Gasteiger partial charge on any atom is -0.374 e. The molecule has 1 N–H and O–H groups in total. The number of likely N-dealkylation sites (tertiary alicyclic amines) is 1. The summed E-state index contributed by atoms with van der Waals surface area (Å²) in [5.41, 5.74) is -1.37. The second-order valence-corrected chi connectivity index (χ2v) is 5.61. The highest BCUT2D eigenvalue weighted by Gasteiger charge is 2.42. The molecule has 126 valence electrons. The van der Waals surface area contributed by atoms with Crippen molar-refractivity contribution >= 4 is 11.8 Å². The summed E-state index contributed by atoms with van der Waals surface area (Å²) in [7, 11) is 1.64. The molecule has 3 heterocycles. The zero-order valence-corrected chi connectivity index (χ0v) is 12.3. The molecule has 1 aromatic heterocycles. The van der Waals surface area contributed by atoms with E-state index in [2.05, 4.69) is 5.10 Å². The number of nitrogens with one attached hydrogen (secondary N) is 1. The maximum atomic E-state index is 12.6. The first-order valence-corrected chi connectivity index (χ1v) is 7.06. The van der Waals surface area contributed by atoms with Gasteiger partial charge in [0.25, 0.3) is 5.91 Å². The lowest BCUT2D eigenvalue weighted by molar-refractivity contribution is -0.141. The van der Waals surface area contributed by atoms with Gasteiger partial charge in [-0.25, -0.2) is 0 Å². The predicted octanol–water partition coefficient (Wildman–Crippen LogP) is 0.500. The average Bonchev–Trinajstić information content (AvgIpc) is 3.10. The molecule has 0 aromatic carbocycles. The molecule has 10 heteroatoms. The number of amides is 2. The molecule has 1 aromatic rings. The van der Waals surface area contributed by atoms with Crippen LogP contribution in [-0.4, -0.2) is 70.7 Å². The molecule has 2 atom stereocenters. The van der Waals surface area contributed by atoms with E-state index in [4.69, 9.17) is 4.74 Å². The SMILES string of the molecule is CN1C(=O)CCO[C@H]2CN(C(=O)c3cc(C(F)(F)F)[nH]n3)C[C@@H]21. The highest BCUT2D eigenvalue weighted by Crippen LogP contribution is 2.29. The number of fused-ring (bicyclic) bond motifs is 1. The lowest BCUT2D eigenvalue weighted by Crippen LogP contribution is -2.43. The first kappa shape index (κ1) is 15.8. The fourth-order valence-corrected chi connectivity index (χ4v) is 2.86. The van der Waals surface area contributed by atoms with Crippen molar-refractivity contribution < 1.29 is 27.5 Å². The van der Waals surface area contributed by atoms with E-state index in [0.29, 0.717) is 6.07 Å². The van der Waals surface area contributed by atoms with Crippen LogP contribution in [-0.2, 0) is 15.7 Å². The van der Waals surface area contributed by atoms with Crippen molar-refractivity contribution in [3.63, 3.8) is 0 Å². The maximum Gasteiger partial charge on any atom is 0.432 e. The molecule has 0 bridgehead atoms. The van der Waals surface area contributed by atoms with Crippen LogP contribution in [0.3, 0.4) is 0 Å². The third-order valence-electron chi connectivity index (χ3n) is 4.17. The van der Waals surface area contributed by atoms with E-state index in [1.165, 1.54) is 9.80 Å². The van der Waals surface area contributed by atoms with Gasteiger partial charge in [0.05, 0.1) is 25.2 Å². The van der Waals surface area contributed by atoms with Crippen LogP contribution in [0.5, 0.6) is 0 Å². The Morgan fingerprint density at radius 1 is 1.43 bits per heavy atom. The Balaban J connectivity index is 1.75. The van der Waals surface area contributed by atoms with E-state index in [0.717, 1.165) is 0 Å². The van der Waals surface area contributed by atoms with Crippen LogP contribution >= 0.6 is 0 Å². The van der Waals surface area contributed by atoms with Crippen molar-refractivity contribution in [2.45, 2.75) is 24.7 Å². The van der Waals surface area contributed by atoms with Crippen molar-refractivity contribution in [1.82, 2.24) is 20.0 Å². The Hall–Kier alpha value is -2.10. The summed E-state index contributed by atoms with van der Waals surface area (Å²) in [5.74, 6) is -0.694. The molecule has 2 aliphatic heterocycles. The summed E-state index contributed by atoms with van der Waals surface area (Å²) in [6, 6.07) is 0.390. The number of hydrogen-bond donors (Lipinski definition) is 1. The average molecular weight is 332 g/mol. The second kappa shape index (κ2) is 5.52. The quantitative estimate of drug-likeness (QED) is 0.812. The molecule has 7 nitrogen and oxygen atoms in total. The fourth-order valence-electron chi connectivity index (χ4n) is 2.86. The summed E-state index contributed by atoms with van der Waals surface area (Å²) in [6.45, 7) is 0.697. The van der Waals surface area contributed by atoms with Gasteiger partial charge in [-0.2, -0.15) is 18.3 Å². The minimum absolute atomic E-state index is 0.0778. The molecule has 0 radical (unpaired) electrons. The normalized spacial score (nSPS) is 25.5. The van der Waals surface area contributed by atoms with Crippen molar-refractivity contribution in [3.05, 3.63) is 17.5 Å². The zero-order valence-electron chi connectivity index (χ0n) is 12.3. The highest BCUT2D eigenvalue weighted by atomic mass is 19.4. The van der Waals surface area contributed by atoms with Gasteiger partial charge in [0.2, 0.25) is 5.91 Å². The molecule has 23 heavy (non-hydrogen) atoms. The number of carbonyl (C=O) groups is 2. The van der Waals surface area contributed by atoms with Gasteiger partial charge in [0.15, 0.2) is 5.69 Å². The van der Waals surface area contributed by atoms with Gasteiger partial charge >= 0.3 is 6.18 Å². The van der Waals surface area contributed by atoms with Crippen LogP contribution < -0.4 is 0 Å². The maximum absolute atomic E-state index is 12.6. The van der Waals surface area contributed by atoms with E-state index in [1.807, 2.05) is 5.10 Å². The first-order chi connectivity index (χ1) is 10.8. The third-order valence-corrected chi connectivity index (χ3v) is 4.17. The molecule has 0 aliphatic carbocycles. The molecule has 2 amide bonds. The Bertz CT molecular complexity index is 630. The number of carbonyl (C=O) groups excluding carboxylic acids is 2. The number of alkyl halides is 3. The number of rotatable bonds is 1. The summed E-state index contributed by atoms with van der Waals surface area (Å²) < 4.78 is 43.3. The summed E-state index contributed by atoms with van der Waals surface area (Å²) in [5, 5.41) is 5.26. The molecule has 0 spiro atoms. The monoisotopic (exact) mass is 332 g/mol. The Kier molecular flexibility index (Phi) is 3.78.